The Morgan fingerprint density at radius 3 is 1.87 bits per heavy atom. The zero-order valence-corrected chi connectivity index (χ0v) is 35.6. The Hall–Kier alpha value is -4.04. The van der Waals surface area contributed by atoms with Crippen molar-refractivity contribution in [1.29, 1.82) is 0 Å². The number of azo groups is 2. The number of ether oxygens (including phenoxy) is 2. The van der Waals surface area contributed by atoms with Gasteiger partial charge in [-0.05, 0) is 42.5 Å². The van der Waals surface area contributed by atoms with Crippen LogP contribution in [0.1, 0.15) is 0 Å². The van der Waals surface area contributed by atoms with Crippen molar-refractivity contribution in [3.05, 3.63) is 54.6 Å². The molecule has 4 aromatic carbocycles. The van der Waals surface area contributed by atoms with Gasteiger partial charge in [-0.1, -0.05) is 15.1 Å². The number of phenolic OH excluding ortho intramolecular Hbond substituents is 1. The monoisotopic (exact) mass is 977 g/mol. The van der Waals surface area contributed by atoms with Gasteiger partial charge < -0.3 is 19.9 Å². The van der Waals surface area contributed by atoms with Crippen LogP contribution in [0.15, 0.2) is 89.7 Å². The number of hydrogen-bond donors (Lipinski definition) is 6. The molecular formula is C29H31N5O21S6. The first-order valence-corrected chi connectivity index (χ1v) is 22.9. The molecular weight excluding hydrogens is 947 g/mol. The summed E-state index contributed by atoms with van der Waals surface area (Å²) in [5.41, 5.74) is -0.463. The molecule has 0 aliphatic carbocycles. The van der Waals surface area contributed by atoms with Crippen molar-refractivity contribution in [2.45, 2.75) is 14.7 Å². The van der Waals surface area contributed by atoms with Gasteiger partial charge in [0.1, 0.15) is 39.3 Å². The van der Waals surface area contributed by atoms with Crippen molar-refractivity contribution < 1.29 is 96.6 Å². The summed E-state index contributed by atoms with van der Waals surface area (Å²) in [5.74, 6) is -2.92. The maximum atomic E-state index is 13.1. The van der Waals surface area contributed by atoms with Gasteiger partial charge in [-0.3, -0.25) is 12.9 Å². The van der Waals surface area contributed by atoms with E-state index in [1.165, 1.54) is 62.8 Å². The molecule has 4 aromatic rings. The molecule has 0 spiro atoms. The van der Waals surface area contributed by atoms with Crippen LogP contribution >= 0.6 is 36.7 Å². The Balaban J connectivity index is 1.77. The molecule has 26 nitrogen and oxygen atoms in total. The third kappa shape index (κ3) is 14.2. The number of anilines is 1. The van der Waals surface area contributed by atoms with Crippen molar-refractivity contribution in [2.75, 3.05) is 50.1 Å². The molecule has 0 saturated heterocycles. The third-order valence-corrected chi connectivity index (χ3v) is 12.7. The number of methoxy groups -OCH3 is 2. The summed E-state index contributed by atoms with van der Waals surface area (Å²) in [6, 6.07) is 11.3. The van der Waals surface area contributed by atoms with Gasteiger partial charge in [0.25, 0.3) is 10.1 Å². The first-order valence-electron chi connectivity index (χ1n) is 15.9. The van der Waals surface area contributed by atoms with Crippen molar-refractivity contribution in [2.24, 2.45) is 20.5 Å². The largest absolute Gasteiger partial charge is 0.505 e. The number of phenols is 1. The molecule has 0 aliphatic rings. The van der Waals surface area contributed by atoms with Gasteiger partial charge in [-0.15, -0.1) is 28.3 Å². The number of aromatic hydroxyl groups is 1. The molecule has 0 saturated carbocycles. The highest BCUT2D eigenvalue weighted by atomic mass is 32.2. The predicted molar refractivity (Wildman–Crippen MR) is 211 cm³/mol. The van der Waals surface area contributed by atoms with E-state index < -0.39 is 59.5 Å². The summed E-state index contributed by atoms with van der Waals surface area (Å²) in [6.07, 6.45) is 0. The highest BCUT2D eigenvalue weighted by molar-refractivity contribution is 7.94. The van der Waals surface area contributed by atoms with Gasteiger partial charge in [0.2, 0.25) is 0 Å². The second-order valence-electron chi connectivity index (χ2n) is 11.0. The summed E-state index contributed by atoms with van der Waals surface area (Å²) < 4.78 is 117. The van der Waals surface area contributed by atoms with Gasteiger partial charge in [0.05, 0.1) is 72.1 Å². The fraction of sp³-hybridized carbons (Fsp3) is 0.241. The SMILES string of the molecule is COc1cc(S(=O)(=O)CCOSOOO)c(OC)cc1N=Nc1c(SOOO)cc2c(N=Nc3ccc(S(=O)(=O)CCOSOOO)cc3)c(NCS(=O)(=O)O)ccc2c1O. The molecule has 0 aromatic heterocycles. The van der Waals surface area contributed by atoms with Crippen molar-refractivity contribution in [1.82, 2.24) is 0 Å². The summed E-state index contributed by atoms with van der Waals surface area (Å²) in [5, 5.41) is 66.4. The fourth-order valence-electron chi connectivity index (χ4n) is 4.79. The van der Waals surface area contributed by atoms with Crippen LogP contribution in [0.4, 0.5) is 28.4 Å². The molecule has 0 unspecified atom stereocenters. The van der Waals surface area contributed by atoms with Crippen LogP contribution in [0.5, 0.6) is 17.2 Å². The third-order valence-electron chi connectivity index (χ3n) is 7.41. The van der Waals surface area contributed by atoms with Crippen LogP contribution in [0.3, 0.4) is 0 Å². The maximum absolute atomic E-state index is 13.1. The lowest BCUT2D eigenvalue weighted by Crippen LogP contribution is -2.13. The molecule has 334 valence electrons. The zero-order valence-electron chi connectivity index (χ0n) is 30.7. The number of benzene rings is 4. The number of nitrogens with zero attached hydrogens (tertiary/aromatic N) is 4. The number of nitrogens with one attached hydrogen (secondary N) is 1. The van der Waals surface area contributed by atoms with Gasteiger partial charge >= 0.3 is 0 Å². The lowest BCUT2D eigenvalue weighted by Gasteiger charge is -2.14. The number of hydrogen-bond acceptors (Lipinski definition) is 28. The Bertz CT molecular complexity index is 2520. The van der Waals surface area contributed by atoms with Gasteiger partial charge in [-0.25, -0.2) is 32.6 Å². The molecule has 6 N–H and O–H groups in total. The van der Waals surface area contributed by atoms with Crippen LogP contribution in [-0.4, -0.2) is 95.5 Å². The molecule has 0 atom stereocenters. The molecule has 0 radical (unpaired) electrons. The van der Waals surface area contributed by atoms with Gasteiger partial charge in [-0.2, -0.15) is 13.5 Å². The van der Waals surface area contributed by atoms with E-state index in [2.05, 4.69) is 53.9 Å². The second-order valence-corrected chi connectivity index (χ2v) is 18.4. The normalized spacial score (nSPS) is 12.5. The van der Waals surface area contributed by atoms with E-state index in [1.807, 2.05) is 0 Å². The van der Waals surface area contributed by atoms with Crippen LogP contribution in [0.2, 0.25) is 0 Å². The van der Waals surface area contributed by atoms with Crippen molar-refractivity contribution >= 4 is 106 Å². The number of rotatable bonds is 26. The van der Waals surface area contributed by atoms with Gasteiger partial charge in [0, 0.05) is 22.9 Å². The summed E-state index contributed by atoms with van der Waals surface area (Å²) >= 11 is 0.717. The smallest absolute Gasteiger partial charge is 0.283 e. The highest BCUT2D eigenvalue weighted by Crippen LogP contribution is 2.49. The Labute approximate surface area is 357 Å². The molecule has 0 bridgehead atoms. The van der Waals surface area contributed by atoms with Crippen LogP contribution in [0, 0.1) is 0 Å². The Morgan fingerprint density at radius 2 is 1.28 bits per heavy atom. The molecule has 0 heterocycles. The minimum atomic E-state index is -4.58. The molecule has 0 fully saturated rings. The van der Waals surface area contributed by atoms with E-state index in [0.29, 0.717) is 12.0 Å². The van der Waals surface area contributed by atoms with E-state index in [1.54, 1.807) is 0 Å². The second kappa shape index (κ2) is 23.4. The minimum Gasteiger partial charge on any atom is -0.505 e. The number of fused-ring (bicyclic) bond motifs is 1. The van der Waals surface area contributed by atoms with Gasteiger partial charge in [0.15, 0.2) is 50.1 Å². The first kappa shape index (κ1) is 49.6. The molecule has 0 amide bonds. The summed E-state index contributed by atoms with van der Waals surface area (Å²) in [4.78, 5) is -0.544. The Morgan fingerprint density at radius 1 is 0.672 bits per heavy atom. The van der Waals surface area contributed by atoms with E-state index in [4.69, 9.17) is 33.6 Å². The fourth-order valence-corrected chi connectivity index (χ4v) is 8.60. The predicted octanol–water partition coefficient (Wildman–Crippen LogP) is 6.63. The van der Waals surface area contributed by atoms with E-state index in [-0.39, 0.29) is 96.6 Å². The van der Waals surface area contributed by atoms with E-state index in [9.17, 15) is 34.9 Å². The van der Waals surface area contributed by atoms with E-state index in [0.717, 1.165) is 6.07 Å². The Kier molecular flexibility index (Phi) is 19.0. The maximum Gasteiger partial charge on any atom is 0.283 e. The number of sulfone groups is 2. The van der Waals surface area contributed by atoms with Crippen LogP contribution in [-0.2, 0) is 66.3 Å². The lowest BCUT2D eigenvalue weighted by molar-refractivity contribution is -0.434. The van der Waals surface area contributed by atoms with Crippen LogP contribution in [0.25, 0.3) is 10.8 Å². The average Bonchev–Trinajstić information content (AvgIpc) is 3.23. The molecule has 32 heteroatoms. The lowest BCUT2D eigenvalue weighted by atomic mass is 10.1. The average molecular weight is 978 g/mol. The zero-order chi connectivity index (χ0) is 44.6. The quantitative estimate of drug-likeness (QED) is 0.00960. The summed E-state index contributed by atoms with van der Waals surface area (Å²) in [7, 11) is -10.1. The molecule has 61 heavy (non-hydrogen) atoms. The topological polar surface area (TPSA) is 357 Å². The van der Waals surface area contributed by atoms with E-state index >= 15 is 0 Å². The summed E-state index contributed by atoms with van der Waals surface area (Å²) in [6.45, 7) is -0.728. The van der Waals surface area contributed by atoms with Crippen molar-refractivity contribution in [3.8, 4) is 17.2 Å². The minimum absolute atomic E-state index is 0.00895. The highest BCUT2D eigenvalue weighted by Gasteiger charge is 2.25. The molecule has 4 rings (SSSR count). The van der Waals surface area contributed by atoms with Crippen LogP contribution < -0.4 is 14.8 Å². The van der Waals surface area contributed by atoms with Crippen molar-refractivity contribution in [3.63, 3.8) is 0 Å². The first-order chi connectivity index (χ1) is 29.1. The standard InChI is InChI=1S/C29H31N5O21S6/c1-46-23-15-26(60(41,42)12-10-49-58-55-52-38)24(47-2)14-22(23)32-34-28-25(56-53-50-36)13-20-19(29(28)35)7-8-21(30-16-61(43,44)45)27(20)33-31-17-3-5-18(6-4-17)59(39,40)11-9-48-57-54-51-37/h3-8,13-15,30,35-38H,9-12,16H2,1-2H3,(H,43,44,45). The molecule has 0 aliphatic heterocycles.